The quantitative estimate of drug-likeness (QED) is 0.152. The van der Waals surface area contributed by atoms with Gasteiger partial charge in [0.15, 0.2) is 0 Å². The molecule has 8 nitrogen and oxygen atoms in total. The lowest BCUT2D eigenvalue weighted by atomic mass is 10.1. The summed E-state index contributed by atoms with van der Waals surface area (Å²) in [4.78, 5) is 39.3. The molecule has 0 aliphatic heterocycles. The number of likely N-dealkylation sites (N-methyl/N-ethyl adjacent to an activating group) is 2. The number of aromatic nitrogens is 2. The Bertz CT molecular complexity index is 1630. The summed E-state index contributed by atoms with van der Waals surface area (Å²) in [5.74, 6) is -0.955. The highest BCUT2D eigenvalue weighted by molar-refractivity contribution is 14.1. The Morgan fingerprint density at radius 3 is 2.24 bits per heavy atom. The maximum Gasteiger partial charge on any atom is 0.416 e. The van der Waals surface area contributed by atoms with Crippen LogP contribution >= 0.6 is 22.6 Å². The summed E-state index contributed by atoms with van der Waals surface area (Å²) in [7, 11) is 2.05. The number of carbonyl (C=O) groups excluding carboxylic acids is 2. The van der Waals surface area contributed by atoms with Gasteiger partial charge >= 0.3 is 6.18 Å². The largest absolute Gasteiger partial charge is 0.416 e. The molecule has 0 radical (unpaired) electrons. The maximum atomic E-state index is 13.3. The van der Waals surface area contributed by atoms with Gasteiger partial charge in [0.1, 0.15) is 0 Å². The molecule has 4 aromatic rings. The third-order valence-electron chi connectivity index (χ3n) is 7.21. The molecule has 0 atom stereocenters. The average molecular weight is 731 g/mol. The standard InChI is InChI=1S/C33H34F3IN6O2/c1-4-43(5-2)15-14-42(3)21-22-8-6-10-24(16-22)30(44)40-29-13-12-27(37)18-28(29)31(45)41-32-38-19-25(20-39-32)23-9-7-11-26(17-23)33(34,35)36/h6-13,16-20H,4-5,14-15,21H2,1-3H3,(H,40,44)(H,38,39,41,45). The normalized spacial score (nSPS) is 11.6. The summed E-state index contributed by atoms with van der Waals surface area (Å²) >= 11 is 2.07. The molecule has 0 bridgehead atoms. The van der Waals surface area contributed by atoms with E-state index in [9.17, 15) is 22.8 Å². The van der Waals surface area contributed by atoms with Crippen LogP contribution in [0.2, 0.25) is 0 Å². The molecule has 12 heteroatoms. The van der Waals surface area contributed by atoms with Crippen LogP contribution in [-0.4, -0.2) is 64.8 Å². The molecule has 0 unspecified atom stereocenters. The van der Waals surface area contributed by atoms with Gasteiger partial charge < -0.3 is 15.1 Å². The third-order valence-corrected chi connectivity index (χ3v) is 7.88. The molecule has 3 aromatic carbocycles. The fourth-order valence-corrected chi connectivity index (χ4v) is 5.14. The van der Waals surface area contributed by atoms with Gasteiger partial charge in [0.05, 0.1) is 16.8 Å². The maximum absolute atomic E-state index is 13.3. The van der Waals surface area contributed by atoms with E-state index >= 15 is 0 Å². The Hall–Kier alpha value is -3.88. The van der Waals surface area contributed by atoms with Crippen molar-refractivity contribution in [2.45, 2.75) is 26.6 Å². The van der Waals surface area contributed by atoms with Crippen molar-refractivity contribution in [3.8, 4) is 11.1 Å². The Kier molecular flexibility index (Phi) is 11.6. The van der Waals surface area contributed by atoms with Crippen LogP contribution in [0.4, 0.5) is 24.8 Å². The number of rotatable bonds is 12. The van der Waals surface area contributed by atoms with Crippen molar-refractivity contribution in [3.05, 3.63) is 105 Å². The molecule has 4 rings (SSSR count). The van der Waals surface area contributed by atoms with Crippen LogP contribution in [0.1, 0.15) is 45.7 Å². The molecule has 2 N–H and O–H groups in total. The van der Waals surface area contributed by atoms with E-state index in [-0.39, 0.29) is 17.4 Å². The highest BCUT2D eigenvalue weighted by atomic mass is 127. The first kappa shape index (κ1) is 34.0. The van der Waals surface area contributed by atoms with Gasteiger partial charge in [-0.1, -0.05) is 38.1 Å². The van der Waals surface area contributed by atoms with E-state index in [1.54, 1.807) is 24.3 Å². The SMILES string of the molecule is CCN(CC)CCN(C)Cc1cccc(C(=O)Nc2ccc(I)cc2C(=O)Nc2ncc(-c3cccc(C(F)(F)F)c3)cn2)c1. The Labute approximate surface area is 274 Å². The van der Waals surface area contributed by atoms with E-state index in [4.69, 9.17) is 0 Å². The van der Waals surface area contributed by atoms with Gasteiger partial charge in [-0.15, -0.1) is 0 Å². The highest BCUT2D eigenvalue weighted by Crippen LogP contribution is 2.32. The van der Waals surface area contributed by atoms with E-state index in [0.717, 1.165) is 47.4 Å². The first-order chi connectivity index (χ1) is 21.5. The highest BCUT2D eigenvalue weighted by Gasteiger charge is 2.30. The van der Waals surface area contributed by atoms with Gasteiger partial charge in [0, 0.05) is 46.7 Å². The van der Waals surface area contributed by atoms with Gasteiger partial charge in [-0.2, -0.15) is 13.2 Å². The van der Waals surface area contributed by atoms with E-state index in [0.29, 0.717) is 28.9 Å². The van der Waals surface area contributed by atoms with E-state index in [2.05, 4.69) is 73.9 Å². The van der Waals surface area contributed by atoms with Crippen LogP contribution < -0.4 is 10.6 Å². The number of halogens is 4. The Morgan fingerprint density at radius 2 is 1.56 bits per heavy atom. The third kappa shape index (κ3) is 9.55. The molecule has 236 valence electrons. The van der Waals surface area contributed by atoms with E-state index < -0.39 is 17.6 Å². The summed E-state index contributed by atoms with van der Waals surface area (Å²) in [6, 6.07) is 17.3. The molecule has 0 aliphatic carbocycles. The Morgan fingerprint density at radius 1 is 0.844 bits per heavy atom. The summed E-state index contributed by atoms with van der Waals surface area (Å²) < 4.78 is 40.1. The molecule has 0 spiro atoms. The number of anilines is 2. The number of amides is 2. The molecule has 2 amide bonds. The van der Waals surface area contributed by atoms with E-state index in [1.165, 1.54) is 24.5 Å². The van der Waals surface area contributed by atoms with Crippen LogP contribution in [0, 0.1) is 3.57 Å². The van der Waals surface area contributed by atoms with Gasteiger partial charge in [-0.3, -0.25) is 14.9 Å². The lowest BCUT2D eigenvalue weighted by molar-refractivity contribution is -0.137. The predicted molar refractivity (Wildman–Crippen MR) is 178 cm³/mol. The fraction of sp³-hybridized carbons (Fsp3) is 0.273. The first-order valence-electron chi connectivity index (χ1n) is 14.4. The van der Waals surface area contributed by atoms with Gasteiger partial charge in [0.2, 0.25) is 5.95 Å². The van der Waals surface area contributed by atoms with Crippen LogP contribution in [0.3, 0.4) is 0 Å². The van der Waals surface area contributed by atoms with Crippen molar-refractivity contribution in [2.24, 2.45) is 0 Å². The number of nitrogens with zero attached hydrogens (tertiary/aromatic N) is 4. The number of alkyl halides is 3. The zero-order chi connectivity index (χ0) is 32.6. The minimum absolute atomic E-state index is 0.0373. The molecular weight excluding hydrogens is 696 g/mol. The fourth-order valence-electron chi connectivity index (χ4n) is 4.65. The summed E-state index contributed by atoms with van der Waals surface area (Å²) in [5.41, 5.74) is 1.84. The Balaban J connectivity index is 1.44. The van der Waals surface area contributed by atoms with Crippen LogP contribution in [0.25, 0.3) is 11.1 Å². The number of benzene rings is 3. The average Bonchev–Trinajstić information content (AvgIpc) is 3.02. The molecule has 0 saturated carbocycles. The first-order valence-corrected chi connectivity index (χ1v) is 15.5. The predicted octanol–water partition coefficient (Wildman–Crippen LogP) is 7.05. The summed E-state index contributed by atoms with van der Waals surface area (Å²) in [5, 5.41) is 5.46. The monoisotopic (exact) mass is 730 g/mol. The minimum atomic E-state index is -4.48. The molecular formula is C33H34F3IN6O2. The van der Waals surface area contributed by atoms with Crippen LogP contribution in [0.5, 0.6) is 0 Å². The smallest absolute Gasteiger partial charge is 0.321 e. The number of carbonyl (C=O) groups is 2. The molecule has 0 saturated heterocycles. The van der Waals surface area contributed by atoms with Crippen molar-refractivity contribution in [2.75, 3.05) is 43.9 Å². The van der Waals surface area contributed by atoms with Crippen LogP contribution in [0.15, 0.2) is 79.1 Å². The minimum Gasteiger partial charge on any atom is -0.321 e. The lowest BCUT2D eigenvalue weighted by Gasteiger charge is -2.23. The second kappa shape index (κ2) is 15.4. The van der Waals surface area contributed by atoms with Crippen molar-refractivity contribution in [3.63, 3.8) is 0 Å². The second-order valence-corrected chi connectivity index (χ2v) is 11.7. The zero-order valence-electron chi connectivity index (χ0n) is 25.2. The topological polar surface area (TPSA) is 90.5 Å². The van der Waals surface area contributed by atoms with Crippen molar-refractivity contribution in [1.29, 1.82) is 0 Å². The summed E-state index contributed by atoms with van der Waals surface area (Å²) in [6.07, 6.45) is -1.80. The molecule has 0 fully saturated rings. The van der Waals surface area contributed by atoms with Gasteiger partial charge in [-0.25, -0.2) is 9.97 Å². The van der Waals surface area contributed by atoms with Gasteiger partial charge in [-0.05, 0) is 96.3 Å². The van der Waals surface area contributed by atoms with Crippen molar-refractivity contribution < 1.29 is 22.8 Å². The number of hydrogen-bond acceptors (Lipinski definition) is 6. The molecule has 45 heavy (non-hydrogen) atoms. The van der Waals surface area contributed by atoms with Crippen LogP contribution in [-0.2, 0) is 12.7 Å². The number of nitrogens with one attached hydrogen (secondary N) is 2. The van der Waals surface area contributed by atoms with Crippen molar-refractivity contribution >= 4 is 46.0 Å². The number of hydrogen-bond donors (Lipinski definition) is 2. The molecule has 1 heterocycles. The van der Waals surface area contributed by atoms with E-state index in [1.807, 2.05) is 18.2 Å². The molecule has 1 aromatic heterocycles. The van der Waals surface area contributed by atoms with Crippen molar-refractivity contribution in [1.82, 2.24) is 19.8 Å². The lowest BCUT2D eigenvalue weighted by Crippen LogP contribution is -2.32. The summed E-state index contributed by atoms with van der Waals surface area (Å²) in [6.45, 7) is 8.84. The van der Waals surface area contributed by atoms with Gasteiger partial charge in [0.25, 0.3) is 11.8 Å². The zero-order valence-corrected chi connectivity index (χ0v) is 27.3. The molecule has 0 aliphatic rings. The second-order valence-electron chi connectivity index (χ2n) is 10.4.